The number of anilines is 1. The van der Waals surface area contributed by atoms with E-state index in [1.165, 1.54) is 0 Å². The highest BCUT2D eigenvalue weighted by molar-refractivity contribution is 7.85. The summed E-state index contributed by atoms with van der Waals surface area (Å²) in [4.78, 5) is 11.2. The van der Waals surface area contributed by atoms with Crippen LogP contribution in [0.1, 0.15) is 28.8 Å². The van der Waals surface area contributed by atoms with Gasteiger partial charge in [0.25, 0.3) is 0 Å². The number of para-hydroxylation sites is 1. The maximum absolute atomic E-state index is 11.3. The van der Waals surface area contributed by atoms with Gasteiger partial charge in [-0.15, -0.1) is 0 Å². The van der Waals surface area contributed by atoms with E-state index >= 15 is 0 Å². The number of aromatic carboxylic acids is 1. The van der Waals surface area contributed by atoms with Gasteiger partial charge in [0.1, 0.15) is 0 Å². The summed E-state index contributed by atoms with van der Waals surface area (Å²) in [5.41, 5.74) is 1.94. The van der Waals surface area contributed by atoms with Gasteiger partial charge < -0.3 is 10.4 Å². The lowest BCUT2D eigenvalue weighted by Gasteiger charge is -2.25. The van der Waals surface area contributed by atoms with Crippen LogP contribution >= 0.6 is 0 Å². The van der Waals surface area contributed by atoms with Crippen LogP contribution in [-0.4, -0.2) is 32.8 Å². The molecule has 98 valence electrons. The average molecular weight is 267 g/mol. The first-order chi connectivity index (χ1) is 8.58. The van der Waals surface area contributed by atoms with Crippen LogP contribution in [0, 0.1) is 6.92 Å². The highest BCUT2D eigenvalue weighted by Crippen LogP contribution is 2.24. The first kappa shape index (κ1) is 13.1. The zero-order chi connectivity index (χ0) is 13.1. The number of carboxylic acids is 1. The summed E-state index contributed by atoms with van der Waals surface area (Å²) < 4.78 is 11.3. The molecule has 0 radical (unpaired) electrons. The van der Waals surface area contributed by atoms with Crippen molar-refractivity contribution in [1.29, 1.82) is 0 Å². The van der Waals surface area contributed by atoms with Crippen LogP contribution in [0.3, 0.4) is 0 Å². The summed E-state index contributed by atoms with van der Waals surface area (Å²) in [5, 5.41) is 12.5. The van der Waals surface area contributed by atoms with Gasteiger partial charge in [0.05, 0.1) is 11.3 Å². The minimum Gasteiger partial charge on any atom is -0.478 e. The fraction of sp³-hybridized carbons (Fsp3) is 0.462. The third-order valence-electron chi connectivity index (χ3n) is 3.24. The predicted molar refractivity (Wildman–Crippen MR) is 72.7 cm³/mol. The number of benzene rings is 1. The second kappa shape index (κ2) is 5.52. The van der Waals surface area contributed by atoms with E-state index in [-0.39, 0.29) is 6.04 Å². The molecular weight excluding hydrogens is 250 g/mol. The zero-order valence-electron chi connectivity index (χ0n) is 10.3. The SMILES string of the molecule is Cc1cccc(C(=O)O)c1NC1CCS(=O)CC1. The topological polar surface area (TPSA) is 66.4 Å². The summed E-state index contributed by atoms with van der Waals surface area (Å²) in [6.07, 6.45) is 1.67. The Morgan fingerprint density at radius 1 is 1.39 bits per heavy atom. The summed E-state index contributed by atoms with van der Waals surface area (Å²) in [5.74, 6) is 0.485. The van der Waals surface area contributed by atoms with Crippen molar-refractivity contribution in [2.45, 2.75) is 25.8 Å². The minimum absolute atomic E-state index is 0.224. The van der Waals surface area contributed by atoms with Crippen LogP contribution < -0.4 is 5.32 Å². The molecule has 0 bridgehead atoms. The normalized spacial score (nSPS) is 23.6. The van der Waals surface area contributed by atoms with Crippen molar-refractivity contribution >= 4 is 22.5 Å². The van der Waals surface area contributed by atoms with Crippen LogP contribution in [0.15, 0.2) is 18.2 Å². The molecule has 0 atom stereocenters. The monoisotopic (exact) mass is 267 g/mol. The van der Waals surface area contributed by atoms with Crippen molar-refractivity contribution in [3.05, 3.63) is 29.3 Å². The lowest BCUT2D eigenvalue weighted by atomic mass is 10.1. The van der Waals surface area contributed by atoms with Crippen LogP contribution in [0.25, 0.3) is 0 Å². The van der Waals surface area contributed by atoms with E-state index in [0.29, 0.717) is 22.8 Å². The Balaban J connectivity index is 2.18. The standard InChI is InChI=1S/C13H17NO3S/c1-9-3-2-4-11(13(15)16)12(9)14-10-5-7-18(17)8-6-10/h2-4,10,14H,5-8H2,1H3,(H,15,16). The van der Waals surface area contributed by atoms with Crippen molar-refractivity contribution in [2.75, 3.05) is 16.8 Å². The Hall–Kier alpha value is -1.36. The molecule has 0 amide bonds. The van der Waals surface area contributed by atoms with Gasteiger partial charge in [-0.3, -0.25) is 4.21 Å². The molecular formula is C13H17NO3S. The van der Waals surface area contributed by atoms with Crippen LogP contribution in [0.4, 0.5) is 5.69 Å². The van der Waals surface area contributed by atoms with E-state index in [2.05, 4.69) is 5.32 Å². The van der Waals surface area contributed by atoms with E-state index in [1.807, 2.05) is 13.0 Å². The number of rotatable bonds is 3. The second-order valence-electron chi connectivity index (χ2n) is 4.57. The smallest absolute Gasteiger partial charge is 0.337 e. The molecule has 0 saturated carbocycles. The van der Waals surface area contributed by atoms with Gasteiger partial charge in [-0.05, 0) is 31.4 Å². The molecule has 4 nitrogen and oxygen atoms in total. The van der Waals surface area contributed by atoms with E-state index < -0.39 is 16.8 Å². The van der Waals surface area contributed by atoms with E-state index in [9.17, 15) is 14.1 Å². The molecule has 1 aliphatic rings. The summed E-state index contributed by atoms with van der Waals surface area (Å²) >= 11 is 0. The Morgan fingerprint density at radius 2 is 2.06 bits per heavy atom. The van der Waals surface area contributed by atoms with Gasteiger partial charge in [-0.1, -0.05) is 12.1 Å². The first-order valence-electron chi connectivity index (χ1n) is 6.02. The quantitative estimate of drug-likeness (QED) is 0.879. The van der Waals surface area contributed by atoms with E-state index in [1.54, 1.807) is 12.1 Å². The third-order valence-corrected chi connectivity index (χ3v) is 4.62. The lowest BCUT2D eigenvalue weighted by Crippen LogP contribution is -2.30. The van der Waals surface area contributed by atoms with E-state index in [0.717, 1.165) is 18.4 Å². The van der Waals surface area contributed by atoms with Gasteiger partial charge in [0.2, 0.25) is 0 Å². The largest absolute Gasteiger partial charge is 0.478 e. The molecule has 0 unspecified atom stereocenters. The summed E-state index contributed by atoms with van der Waals surface area (Å²) in [7, 11) is -0.695. The fourth-order valence-electron chi connectivity index (χ4n) is 2.18. The lowest BCUT2D eigenvalue weighted by molar-refractivity contribution is 0.0698. The van der Waals surface area contributed by atoms with Gasteiger partial charge in [-0.2, -0.15) is 0 Å². The number of aryl methyl sites for hydroxylation is 1. The molecule has 2 rings (SSSR count). The van der Waals surface area contributed by atoms with Crippen molar-refractivity contribution in [3.63, 3.8) is 0 Å². The highest BCUT2D eigenvalue weighted by atomic mass is 32.2. The molecule has 0 spiro atoms. The fourth-order valence-corrected chi connectivity index (χ4v) is 3.48. The summed E-state index contributed by atoms with van der Waals surface area (Å²) in [6.45, 7) is 1.90. The number of carbonyl (C=O) groups is 1. The Morgan fingerprint density at radius 3 is 2.67 bits per heavy atom. The summed E-state index contributed by atoms with van der Waals surface area (Å²) in [6, 6.07) is 5.48. The van der Waals surface area contributed by atoms with Crippen LogP contribution in [-0.2, 0) is 10.8 Å². The van der Waals surface area contributed by atoms with Gasteiger partial charge in [0, 0.05) is 28.3 Å². The molecule has 1 fully saturated rings. The van der Waals surface area contributed by atoms with Gasteiger partial charge in [-0.25, -0.2) is 4.79 Å². The molecule has 0 aromatic heterocycles. The van der Waals surface area contributed by atoms with Crippen LogP contribution in [0.5, 0.6) is 0 Å². The molecule has 1 aromatic rings. The third kappa shape index (κ3) is 2.90. The Bertz CT molecular complexity index is 477. The second-order valence-corrected chi connectivity index (χ2v) is 6.27. The number of hydrogen-bond acceptors (Lipinski definition) is 3. The van der Waals surface area contributed by atoms with Crippen molar-refractivity contribution in [2.24, 2.45) is 0 Å². The van der Waals surface area contributed by atoms with Crippen molar-refractivity contribution in [3.8, 4) is 0 Å². The number of nitrogens with one attached hydrogen (secondary N) is 1. The maximum atomic E-state index is 11.3. The molecule has 1 heterocycles. The number of hydrogen-bond donors (Lipinski definition) is 2. The molecule has 0 aliphatic carbocycles. The predicted octanol–water partition coefficient (Wildman–Crippen LogP) is 2.02. The minimum atomic E-state index is -0.916. The van der Waals surface area contributed by atoms with E-state index in [4.69, 9.17) is 0 Å². The molecule has 1 aliphatic heterocycles. The molecule has 1 saturated heterocycles. The van der Waals surface area contributed by atoms with Gasteiger partial charge >= 0.3 is 5.97 Å². The highest BCUT2D eigenvalue weighted by Gasteiger charge is 2.20. The molecule has 5 heteroatoms. The maximum Gasteiger partial charge on any atom is 0.337 e. The molecule has 18 heavy (non-hydrogen) atoms. The number of carboxylic acid groups (broad SMARTS) is 1. The van der Waals surface area contributed by atoms with Gasteiger partial charge in [0.15, 0.2) is 0 Å². The Kier molecular flexibility index (Phi) is 4.01. The average Bonchev–Trinajstić information content (AvgIpc) is 2.34. The zero-order valence-corrected chi connectivity index (χ0v) is 11.1. The Labute approximate surface area is 109 Å². The van der Waals surface area contributed by atoms with Crippen LogP contribution in [0.2, 0.25) is 0 Å². The van der Waals surface area contributed by atoms with Crippen molar-refractivity contribution in [1.82, 2.24) is 0 Å². The van der Waals surface area contributed by atoms with Crippen molar-refractivity contribution < 1.29 is 14.1 Å². The molecule has 2 N–H and O–H groups in total. The first-order valence-corrected chi connectivity index (χ1v) is 7.51. The molecule has 1 aromatic carbocycles.